The SMILES string of the molecule is Cc1ccc(C(=O)N2CCC[C@H](c3[nH]ncc3-c3ccc(F)cc3)C2)cc1NCc1ccncc1. The number of aromatic amines is 1. The van der Waals surface area contributed by atoms with Crippen LogP contribution in [0.4, 0.5) is 10.1 Å². The van der Waals surface area contributed by atoms with Crippen LogP contribution in [0.1, 0.15) is 45.9 Å². The van der Waals surface area contributed by atoms with Gasteiger partial charge >= 0.3 is 0 Å². The highest BCUT2D eigenvalue weighted by Gasteiger charge is 2.28. The van der Waals surface area contributed by atoms with E-state index >= 15 is 0 Å². The van der Waals surface area contributed by atoms with Gasteiger partial charge in [-0.25, -0.2) is 4.39 Å². The van der Waals surface area contributed by atoms with Crippen molar-refractivity contribution < 1.29 is 9.18 Å². The first-order chi connectivity index (χ1) is 17.1. The number of benzene rings is 2. The Morgan fingerprint density at radius 3 is 2.74 bits per heavy atom. The van der Waals surface area contributed by atoms with Crippen LogP contribution in [0.15, 0.2) is 73.2 Å². The number of H-pyrrole nitrogens is 1. The molecule has 178 valence electrons. The van der Waals surface area contributed by atoms with Crippen molar-refractivity contribution in [3.05, 3.63) is 101 Å². The Morgan fingerprint density at radius 2 is 1.94 bits per heavy atom. The highest BCUT2D eigenvalue weighted by Crippen LogP contribution is 2.33. The van der Waals surface area contributed by atoms with E-state index in [0.29, 0.717) is 18.7 Å². The molecule has 1 fully saturated rings. The third-order valence-corrected chi connectivity index (χ3v) is 6.66. The van der Waals surface area contributed by atoms with Crippen LogP contribution < -0.4 is 5.32 Å². The van der Waals surface area contributed by atoms with Crippen molar-refractivity contribution in [2.45, 2.75) is 32.2 Å². The fourth-order valence-electron chi connectivity index (χ4n) is 4.69. The third kappa shape index (κ3) is 5.09. The zero-order chi connectivity index (χ0) is 24.2. The van der Waals surface area contributed by atoms with E-state index in [2.05, 4.69) is 20.5 Å². The number of nitrogens with zero attached hydrogens (tertiary/aromatic N) is 3. The number of hydrogen-bond donors (Lipinski definition) is 2. The summed E-state index contributed by atoms with van der Waals surface area (Å²) in [5.74, 6) is -0.0875. The molecule has 2 aromatic carbocycles. The lowest BCUT2D eigenvalue weighted by Crippen LogP contribution is -2.39. The molecule has 0 aliphatic carbocycles. The van der Waals surface area contributed by atoms with Gasteiger partial charge in [0.25, 0.3) is 5.91 Å². The van der Waals surface area contributed by atoms with Crippen LogP contribution in [0, 0.1) is 12.7 Å². The number of carbonyl (C=O) groups excluding carboxylic acids is 1. The predicted octanol–water partition coefficient (Wildman–Crippen LogP) is 5.55. The zero-order valence-corrected chi connectivity index (χ0v) is 19.7. The molecule has 1 amide bonds. The van der Waals surface area contributed by atoms with E-state index in [1.807, 2.05) is 42.2 Å². The van der Waals surface area contributed by atoms with Crippen molar-refractivity contribution in [3.8, 4) is 11.1 Å². The molecule has 6 nitrogen and oxygen atoms in total. The second-order valence-electron chi connectivity index (χ2n) is 9.03. The van der Waals surface area contributed by atoms with Gasteiger partial charge in [0.1, 0.15) is 5.82 Å². The Bertz CT molecular complexity index is 1300. The summed E-state index contributed by atoms with van der Waals surface area (Å²) in [4.78, 5) is 19.5. The lowest BCUT2D eigenvalue weighted by Gasteiger charge is -2.33. The molecular formula is C28H28FN5O. The molecule has 0 spiro atoms. The summed E-state index contributed by atoms with van der Waals surface area (Å²) >= 11 is 0. The Morgan fingerprint density at radius 1 is 1.14 bits per heavy atom. The maximum atomic E-state index is 13.5. The van der Waals surface area contributed by atoms with E-state index in [1.54, 1.807) is 30.7 Å². The van der Waals surface area contributed by atoms with Crippen LogP contribution in [0.2, 0.25) is 0 Å². The van der Waals surface area contributed by atoms with Crippen molar-refractivity contribution >= 4 is 11.6 Å². The van der Waals surface area contributed by atoms with Gasteiger partial charge in [0.2, 0.25) is 0 Å². The van der Waals surface area contributed by atoms with Crippen LogP contribution in [0.3, 0.4) is 0 Å². The maximum Gasteiger partial charge on any atom is 0.253 e. The highest BCUT2D eigenvalue weighted by molar-refractivity contribution is 5.95. The van der Waals surface area contributed by atoms with E-state index in [0.717, 1.165) is 53.0 Å². The first-order valence-electron chi connectivity index (χ1n) is 11.9. The molecule has 0 saturated carbocycles. The molecule has 35 heavy (non-hydrogen) atoms. The molecular weight excluding hydrogens is 441 g/mol. The van der Waals surface area contributed by atoms with Gasteiger partial charge in [-0.3, -0.25) is 14.9 Å². The number of aromatic nitrogens is 3. The quantitative estimate of drug-likeness (QED) is 0.388. The van der Waals surface area contributed by atoms with Gasteiger partial charge < -0.3 is 10.2 Å². The van der Waals surface area contributed by atoms with Crippen molar-refractivity contribution in [2.24, 2.45) is 0 Å². The average Bonchev–Trinajstić information content (AvgIpc) is 3.39. The monoisotopic (exact) mass is 469 g/mol. The summed E-state index contributed by atoms with van der Waals surface area (Å²) in [6.07, 6.45) is 7.21. The molecule has 1 aliphatic rings. The number of pyridine rings is 1. The molecule has 1 atom stereocenters. The van der Waals surface area contributed by atoms with Gasteiger partial charge in [-0.2, -0.15) is 5.10 Å². The highest BCUT2D eigenvalue weighted by atomic mass is 19.1. The van der Waals surface area contributed by atoms with Crippen LogP contribution in [0.5, 0.6) is 0 Å². The largest absolute Gasteiger partial charge is 0.381 e. The molecule has 2 aromatic heterocycles. The standard InChI is InChI=1S/C28H28FN5O/c1-19-4-5-22(15-26(19)31-16-20-10-12-30-13-11-20)28(35)34-14-2-3-23(18-34)27-25(17-32-33-27)21-6-8-24(29)9-7-21/h4-13,15,17,23,31H,2-3,14,16,18H2,1H3,(H,32,33)/t23-/m0/s1. The smallest absolute Gasteiger partial charge is 0.253 e. The number of halogens is 1. The number of nitrogens with one attached hydrogen (secondary N) is 2. The summed E-state index contributed by atoms with van der Waals surface area (Å²) in [7, 11) is 0. The number of anilines is 1. The van der Waals surface area contributed by atoms with E-state index in [1.165, 1.54) is 12.1 Å². The van der Waals surface area contributed by atoms with Crippen LogP contribution in [-0.4, -0.2) is 39.1 Å². The van der Waals surface area contributed by atoms with E-state index in [4.69, 9.17) is 0 Å². The van der Waals surface area contributed by atoms with Crippen molar-refractivity contribution in [3.63, 3.8) is 0 Å². The third-order valence-electron chi connectivity index (χ3n) is 6.66. The molecule has 1 aliphatic heterocycles. The summed E-state index contributed by atoms with van der Waals surface area (Å²) in [5, 5.41) is 10.8. The molecule has 0 radical (unpaired) electrons. The summed E-state index contributed by atoms with van der Waals surface area (Å²) in [6.45, 7) is 4.04. The number of rotatable bonds is 6. The fourth-order valence-corrected chi connectivity index (χ4v) is 4.69. The number of hydrogen-bond acceptors (Lipinski definition) is 4. The molecule has 4 aromatic rings. The van der Waals surface area contributed by atoms with Crippen LogP contribution >= 0.6 is 0 Å². The van der Waals surface area contributed by atoms with E-state index < -0.39 is 0 Å². The zero-order valence-electron chi connectivity index (χ0n) is 19.7. The van der Waals surface area contributed by atoms with Gasteiger partial charge in [-0.05, 0) is 72.9 Å². The Kier molecular flexibility index (Phi) is 6.57. The first kappa shape index (κ1) is 22.8. The van der Waals surface area contributed by atoms with Crippen LogP contribution in [-0.2, 0) is 6.54 Å². The predicted molar refractivity (Wildman–Crippen MR) is 135 cm³/mol. The van der Waals surface area contributed by atoms with Crippen molar-refractivity contribution in [2.75, 3.05) is 18.4 Å². The normalized spacial score (nSPS) is 15.7. The van der Waals surface area contributed by atoms with Crippen molar-refractivity contribution in [1.82, 2.24) is 20.1 Å². The molecule has 5 rings (SSSR count). The lowest BCUT2D eigenvalue weighted by molar-refractivity contribution is 0.0706. The molecule has 0 bridgehead atoms. The molecule has 7 heteroatoms. The van der Waals surface area contributed by atoms with Gasteiger partial charge in [0.15, 0.2) is 0 Å². The van der Waals surface area contributed by atoms with E-state index in [9.17, 15) is 9.18 Å². The Hall–Kier alpha value is -4.00. The number of aryl methyl sites for hydroxylation is 1. The Labute approximate surface area is 204 Å². The second kappa shape index (κ2) is 10.1. The first-order valence-corrected chi connectivity index (χ1v) is 11.9. The lowest BCUT2D eigenvalue weighted by atomic mass is 9.90. The summed E-state index contributed by atoms with van der Waals surface area (Å²) < 4.78 is 13.4. The van der Waals surface area contributed by atoms with Gasteiger partial charge in [-0.15, -0.1) is 0 Å². The van der Waals surface area contributed by atoms with Crippen molar-refractivity contribution in [1.29, 1.82) is 0 Å². The topological polar surface area (TPSA) is 73.9 Å². The number of carbonyl (C=O) groups is 1. The van der Waals surface area contributed by atoms with E-state index in [-0.39, 0.29) is 17.6 Å². The molecule has 2 N–H and O–H groups in total. The average molecular weight is 470 g/mol. The van der Waals surface area contributed by atoms with Gasteiger partial charge in [0.05, 0.1) is 6.20 Å². The maximum absolute atomic E-state index is 13.5. The Balaban J connectivity index is 1.31. The summed E-state index contributed by atoms with van der Waals surface area (Å²) in [6, 6.07) is 16.2. The number of likely N-dealkylation sites (tertiary alicyclic amines) is 1. The minimum atomic E-state index is -0.263. The van der Waals surface area contributed by atoms with Gasteiger partial charge in [0, 0.05) is 60.5 Å². The molecule has 3 heterocycles. The minimum absolute atomic E-state index is 0.0320. The van der Waals surface area contributed by atoms with Crippen LogP contribution in [0.25, 0.3) is 11.1 Å². The minimum Gasteiger partial charge on any atom is -0.381 e. The molecule has 1 saturated heterocycles. The fraction of sp³-hybridized carbons (Fsp3) is 0.250. The number of amides is 1. The number of piperidine rings is 1. The van der Waals surface area contributed by atoms with Gasteiger partial charge in [-0.1, -0.05) is 18.2 Å². The second-order valence-corrected chi connectivity index (χ2v) is 9.03. The summed E-state index contributed by atoms with van der Waals surface area (Å²) in [5.41, 5.74) is 6.73. The molecule has 0 unspecified atom stereocenters.